The molecule has 0 fully saturated rings. The van der Waals surface area contributed by atoms with Crippen LogP contribution in [0.15, 0.2) is 40.2 Å². The molecule has 1 aromatic heterocycles. The van der Waals surface area contributed by atoms with Gasteiger partial charge in [-0.25, -0.2) is 0 Å². The number of halogens is 1. The molecule has 3 nitrogen and oxygen atoms in total. The van der Waals surface area contributed by atoms with E-state index in [0.29, 0.717) is 0 Å². The van der Waals surface area contributed by atoms with E-state index in [0.717, 1.165) is 22.3 Å². The Morgan fingerprint density at radius 2 is 2.19 bits per heavy atom. The molecular formula is C16H19BrN2OS. The predicted molar refractivity (Wildman–Crippen MR) is 92.8 cm³/mol. The highest BCUT2D eigenvalue weighted by Gasteiger charge is 2.18. The summed E-state index contributed by atoms with van der Waals surface area (Å²) in [4.78, 5) is 15.6. The minimum Gasteiger partial charge on any atom is -0.325 e. The zero-order valence-electron chi connectivity index (χ0n) is 12.4. The van der Waals surface area contributed by atoms with Crippen LogP contribution in [0.1, 0.15) is 17.4 Å². The van der Waals surface area contributed by atoms with Crippen LogP contribution >= 0.6 is 27.3 Å². The van der Waals surface area contributed by atoms with Gasteiger partial charge in [-0.05, 0) is 60.6 Å². The summed E-state index contributed by atoms with van der Waals surface area (Å²) in [6, 6.07) is 9.75. The highest BCUT2D eigenvalue weighted by molar-refractivity contribution is 9.10. The van der Waals surface area contributed by atoms with Gasteiger partial charge in [-0.15, -0.1) is 11.3 Å². The summed E-state index contributed by atoms with van der Waals surface area (Å²) in [5.74, 6) is 0.0127. The minimum atomic E-state index is -0.189. The molecule has 1 amide bonds. The maximum Gasteiger partial charge on any atom is 0.241 e. The Morgan fingerprint density at radius 3 is 2.81 bits per heavy atom. The number of carbonyl (C=O) groups excluding carboxylic acids is 1. The molecule has 1 aromatic carbocycles. The number of hydrogen-bond acceptors (Lipinski definition) is 3. The van der Waals surface area contributed by atoms with Crippen molar-refractivity contribution in [3.05, 3.63) is 50.6 Å². The van der Waals surface area contributed by atoms with E-state index in [1.165, 1.54) is 4.88 Å². The Balaban J connectivity index is 1.95. The number of hydrogen-bond donors (Lipinski definition) is 1. The molecule has 2 rings (SSSR count). The second-order valence-electron chi connectivity index (χ2n) is 5.18. The van der Waals surface area contributed by atoms with Crippen molar-refractivity contribution in [1.82, 2.24) is 4.90 Å². The highest BCUT2D eigenvalue weighted by Crippen LogP contribution is 2.21. The lowest BCUT2D eigenvalue weighted by Crippen LogP contribution is -2.39. The summed E-state index contributed by atoms with van der Waals surface area (Å²) < 4.78 is 1.09. The van der Waals surface area contributed by atoms with Crippen molar-refractivity contribution in [3.8, 4) is 0 Å². The number of likely N-dealkylation sites (N-methyl/N-ethyl adjacent to an activating group) is 1. The second-order valence-corrected chi connectivity index (χ2v) is 7.09. The molecule has 0 saturated carbocycles. The van der Waals surface area contributed by atoms with Crippen LogP contribution in [-0.2, 0) is 11.3 Å². The van der Waals surface area contributed by atoms with Crippen LogP contribution in [0.3, 0.4) is 0 Å². The van der Waals surface area contributed by atoms with Gasteiger partial charge in [0.15, 0.2) is 0 Å². The van der Waals surface area contributed by atoms with Crippen molar-refractivity contribution in [2.24, 2.45) is 0 Å². The van der Waals surface area contributed by atoms with Gasteiger partial charge in [-0.3, -0.25) is 9.69 Å². The molecule has 0 aliphatic heterocycles. The Hall–Kier alpha value is -1.17. The maximum atomic E-state index is 12.3. The lowest BCUT2D eigenvalue weighted by molar-refractivity contribution is -0.120. The molecule has 0 aliphatic carbocycles. The summed E-state index contributed by atoms with van der Waals surface area (Å²) in [5.41, 5.74) is 1.98. The van der Waals surface area contributed by atoms with Crippen molar-refractivity contribution in [2.45, 2.75) is 26.4 Å². The van der Waals surface area contributed by atoms with Gasteiger partial charge in [0.2, 0.25) is 5.91 Å². The van der Waals surface area contributed by atoms with E-state index in [4.69, 9.17) is 0 Å². The summed E-state index contributed by atoms with van der Waals surface area (Å²) in [7, 11) is 1.97. The summed E-state index contributed by atoms with van der Waals surface area (Å²) >= 11 is 5.14. The van der Waals surface area contributed by atoms with Crippen molar-refractivity contribution < 1.29 is 4.79 Å². The summed E-state index contributed by atoms with van der Waals surface area (Å²) in [6.07, 6.45) is 0. The first-order chi connectivity index (χ1) is 9.95. The molecule has 0 aliphatic rings. The standard InChI is InChI=1S/C16H19BrN2OS/c1-11-5-4-6-14(7-11)18-16(20)12(2)19(3)9-15-8-13(17)10-21-15/h4-8,10,12H,9H2,1-3H3,(H,18,20). The maximum absolute atomic E-state index is 12.3. The molecule has 112 valence electrons. The van der Waals surface area contributed by atoms with E-state index in [1.54, 1.807) is 11.3 Å². The van der Waals surface area contributed by atoms with Crippen LogP contribution in [0.25, 0.3) is 0 Å². The van der Waals surface area contributed by atoms with E-state index in [-0.39, 0.29) is 11.9 Å². The molecule has 21 heavy (non-hydrogen) atoms. The minimum absolute atomic E-state index is 0.0127. The fourth-order valence-electron chi connectivity index (χ4n) is 1.99. The lowest BCUT2D eigenvalue weighted by Gasteiger charge is -2.23. The third-order valence-corrected chi connectivity index (χ3v) is 5.04. The topological polar surface area (TPSA) is 32.3 Å². The first-order valence-corrected chi connectivity index (χ1v) is 8.43. The van der Waals surface area contributed by atoms with Crippen LogP contribution in [-0.4, -0.2) is 23.9 Å². The number of rotatable bonds is 5. The largest absolute Gasteiger partial charge is 0.325 e. The normalized spacial score (nSPS) is 12.4. The number of amides is 1. The van der Waals surface area contributed by atoms with Gasteiger partial charge < -0.3 is 5.32 Å². The fraction of sp³-hybridized carbons (Fsp3) is 0.312. The Labute approximate surface area is 138 Å². The number of nitrogens with one attached hydrogen (secondary N) is 1. The molecule has 1 atom stereocenters. The number of benzene rings is 1. The predicted octanol–water partition coefficient (Wildman–Crippen LogP) is 4.28. The van der Waals surface area contributed by atoms with Crippen molar-refractivity contribution in [1.29, 1.82) is 0 Å². The van der Waals surface area contributed by atoms with Crippen LogP contribution in [0, 0.1) is 6.92 Å². The van der Waals surface area contributed by atoms with Crippen molar-refractivity contribution in [3.63, 3.8) is 0 Å². The first kappa shape index (κ1) is 16.2. The van der Waals surface area contributed by atoms with Gasteiger partial charge in [0.1, 0.15) is 0 Å². The third kappa shape index (κ3) is 4.66. The van der Waals surface area contributed by atoms with E-state index in [2.05, 4.69) is 32.7 Å². The van der Waals surface area contributed by atoms with Crippen LogP contribution in [0.4, 0.5) is 5.69 Å². The summed E-state index contributed by atoms with van der Waals surface area (Å²) in [6.45, 7) is 4.70. The fourth-order valence-corrected chi connectivity index (χ4v) is 3.50. The molecule has 5 heteroatoms. The Bertz CT molecular complexity index is 626. The van der Waals surface area contributed by atoms with Gasteiger partial charge in [-0.2, -0.15) is 0 Å². The van der Waals surface area contributed by atoms with Crippen molar-refractivity contribution >= 4 is 38.9 Å². The average Bonchev–Trinajstić information content (AvgIpc) is 2.83. The molecular weight excluding hydrogens is 348 g/mol. The number of nitrogens with zero attached hydrogens (tertiary/aromatic N) is 1. The van der Waals surface area contributed by atoms with Crippen molar-refractivity contribution in [2.75, 3.05) is 12.4 Å². The molecule has 1 N–H and O–H groups in total. The van der Waals surface area contributed by atoms with Gasteiger partial charge in [-0.1, -0.05) is 12.1 Å². The van der Waals surface area contributed by atoms with Gasteiger partial charge in [0.05, 0.1) is 6.04 Å². The Kier molecular flexibility index (Phi) is 5.56. The third-order valence-electron chi connectivity index (χ3n) is 3.35. The highest BCUT2D eigenvalue weighted by atomic mass is 79.9. The zero-order valence-corrected chi connectivity index (χ0v) is 14.8. The smallest absolute Gasteiger partial charge is 0.241 e. The van der Waals surface area contributed by atoms with E-state index in [1.807, 2.05) is 50.1 Å². The second kappa shape index (κ2) is 7.20. The van der Waals surface area contributed by atoms with E-state index >= 15 is 0 Å². The van der Waals surface area contributed by atoms with Gasteiger partial charge >= 0.3 is 0 Å². The number of thiophene rings is 1. The summed E-state index contributed by atoms with van der Waals surface area (Å²) in [5, 5.41) is 5.02. The quantitative estimate of drug-likeness (QED) is 0.856. The van der Waals surface area contributed by atoms with E-state index < -0.39 is 0 Å². The molecule has 0 bridgehead atoms. The SMILES string of the molecule is Cc1cccc(NC(=O)C(C)N(C)Cc2cc(Br)cs2)c1. The molecule has 0 saturated heterocycles. The van der Waals surface area contributed by atoms with Crippen LogP contribution in [0.2, 0.25) is 0 Å². The Morgan fingerprint density at radius 1 is 1.43 bits per heavy atom. The molecule has 0 radical (unpaired) electrons. The monoisotopic (exact) mass is 366 g/mol. The van der Waals surface area contributed by atoms with Crippen LogP contribution in [0.5, 0.6) is 0 Å². The molecule has 0 spiro atoms. The van der Waals surface area contributed by atoms with Gasteiger partial charge in [0, 0.05) is 27.0 Å². The number of carbonyl (C=O) groups is 1. The number of aryl methyl sites for hydroxylation is 1. The molecule has 2 aromatic rings. The lowest BCUT2D eigenvalue weighted by atomic mass is 10.2. The van der Waals surface area contributed by atoms with E-state index in [9.17, 15) is 4.79 Å². The first-order valence-electron chi connectivity index (χ1n) is 6.76. The van der Waals surface area contributed by atoms with Crippen LogP contribution < -0.4 is 5.32 Å². The molecule has 1 heterocycles. The zero-order chi connectivity index (χ0) is 15.4. The molecule has 1 unspecified atom stereocenters. The average molecular weight is 367 g/mol. The van der Waals surface area contributed by atoms with Gasteiger partial charge in [0.25, 0.3) is 0 Å². The number of anilines is 1.